The number of carbonyl (C=O) groups is 1. The van der Waals surface area contributed by atoms with Crippen molar-refractivity contribution in [3.63, 3.8) is 0 Å². The highest BCUT2D eigenvalue weighted by molar-refractivity contribution is 9.10. The van der Waals surface area contributed by atoms with Gasteiger partial charge < -0.3 is 10.1 Å². The lowest BCUT2D eigenvalue weighted by atomic mass is 10.1. The summed E-state index contributed by atoms with van der Waals surface area (Å²) in [5.74, 6) is -0.0656. The Labute approximate surface area is 215 Å². The Bertz CT molecular complexity index is 1460. The summed E-state index contributed by atoms with van der Waals surface area (Å²) >= 11 is 15.6. The number of nitrogens with one attached hydrogen (secondary N) is 1. The second kappa shape index (κ2) is 10.8. The van der Waals surface area contributed by atoms with E-state index in [1.165, 1.54) is 6.08 Å². The average molecular weight is 552 g/mol. The Morgan fingerprint density at radius 1 is 1.03 bits per heavy atom. The third-order valence-electron chi connectivity index (χ3n) is 5.10. The molecule has 0 saturated carbocycles. The number of anilines is 1. The van der Waals surface area contributed by atoms with Gasteiger partial charge in [0.2, 0.25) is 0 Å². The Hall–Kier alpha value is -3.30. The molecule has 0 radical (unpaired) electrons. The van der Waals surface area contributed by atoms with Crippen LogP contribution in [0.4, 0.5) is 5.69 Å². The third-order valence-corrected chi connectivity index (χ3v) is 6.41. The van der Waals surface area contributed by atoms with Gasteiger partial charge in [0, 0.05) is 10.0 Å². The quantitative estimate of drug-likeness (QED) is 0.195. The second-order valence-corrected chi connectivity index (χ2v) is 9.04. The number of nitriles is 1. The predicted molar refractivity (Wildman–Crippen MR) is 141 cm³/mol. The standard InChI is InChI=1S/C27H17BrCl2N2O2/c28-21-11-12-25(34-16-18-7-3-6-17-5-1-2-8-22(17)18)19(14-21)13-20(15-31)27(33)32-24-10-4-9-23(29)26(24)30/h1-14H,16H2,(H,32,33)/b20-13+. The summed E-state index contributed by atoms with van der Waals surface area (Å²) in [6, 6.07) is 26.4. The molecular weight excluding hydrogens is 535 g/mol. The Morgan fingerprint density at radius 3 is 2.62 bits per heavy atom. The van der Waals surface area contributed by atoms with E-state index in [2.05, 4.69) is 39.4 Å². The van der Waals surface area contributed by atoms with Crippen LogP contribution >= 0.6 is 39.1 Å². The largest absolute Gasteiger partial charge is 0.488 e. The minimum Gasteiger partial charge on any atom is -0.488 e. The Balaban J connectivity index is 1.61. The van der Waals surface area contributed by atoms with Crippen molar-refractivity contribution in [1.29, 1.82) is 5.26 Å². The molecule has 0 aromatic heterocycles. The number of hydrogen-bond donors (Lipinski definition) is 1. The van der Waals surface area contributed by atoms with Crippen LogP contribution in [0, 0.1) is 11.3 Å². The van der Waals surface area contributed by atoms with Crippen molar-refractivity contribution in [2.24, 2.45) is 0 Å². The van der Waals surface area contributed by atoms with Crippen LogP contribution in [0.15, 0.2) is 88.9 Å². The Kier molecular flexibility index (Phi) is 7.54. The molecule has 7 heteroatoms. The van der Waals surface area contributed by atoms with E-state index in [4.69, 9.17) is 27.9 Å². The molecule has 0 bridgehead atoms. The number of halogens is 3. The maximum Gasteiger partial charge on any atom is 0.266 e. The molecule has 34 heavy (non-hydrogen) atoms. The highest BCUT2D eigenvalue weighted by Gasteiger charge is 2.14. The number of nitrogens with zero attached hydrogens (tertiary/aromatic N) is 1. The molecule has 4 rings (SSSR count). The highest BCUT2D eigenvalue weighted by atomic mass is 79.9. The number of fused-ring (bicyclic) bond motifs is 1. The van der Waals surface area contributed by atoms with E-state index < -0.39 is 5.91 Å². The lowest BCUT2D eigenvalue weighted by Gasteiger charge is -2.12. The molecule has 1 amide bonds. The van der Waals surface area contributed by atoms with Gasteiger partial charge in [-0.15, -0.1) is 0 Å². The maximum atomic E-state index is 12.8. The summed E-state index contributed by atoms with van der Waals surface area (Å²) in [6.45, 7) is 0.329. The molecule has 4 aromatic rings. The first-order chi connectivity index (χ1) is 16.5. The fraction of sp³-hybridized carbons (Fsp3) is 0.0370. The fourth-order valence-corrected chi connectivity index (χ4v) is 4.16. The van der Waals surface area contributed by atoms with Crippen molar-refractivity contribution in [2.75, 3.05) is 5.32 Å². The second-order valence-electron chi connectivity index (χ2n) is 7.33. The first-order valence-electron chi connectivity index (χ1n) is 10.2. The molecule has 0 fully saturated rings. The molecule has 4 nitrogen and oxygen atoms in total. The number of benzene rings is 4. The van der Waals surface area contributed by atoms with Crippen molar-refractivity contribution in [3.05, 3.63) is 110 Å². The predicted octanol–water partition coefficient (Wildman–Crippen LogP) is 8.03. The van der Waals surface area contributed by atoms with Crippen LogP contribution in [-0.4, -0.2) is 5.91 Å². The molecule has 0 aliphatic carbocycles. The first-order valence-corrected chi connectivity index (χ1v) is 11.8. The van der Waals surface area contributed by atoms with Gasteiger partial charge in [-0.3, -0.25) is 4.79 Å². The third kappa shape index (κ3) is 5.43. The summed E-state index contributed by atoms with van der Waals surface area (Å²) < 4.78 is 6.90. The molecule has 4 aromatic carbocycles. The molecule has 168 valence electrons. The maximum absolute atomic E-state index is 12.8. The van der Waals surface area contributed by atoms with Gasteiger partial charge in [-0.25, -0.2) is 0 Å². The topological polar surface area (TPSA) is 62.1 Å². The number of carbonyl (C=O) groups excluding carboxylic acids is 1. The van der Waals surface area contributed by atoms with Crippen LogP contribution in [0.25, 0.3) is 16.8 Å². The number of hydrogen-bond acceptors (Lipinski definition) is 3. The average Bonchev–Trinajstić information content (AvgIpc) is 2.84. The fourth-order valence-electron chi connectivity index (χ4n) is 3.43. The molecule has 0 spiro atoms. The van der Waals surface area contributed by atoms with E-state index in [1.807, 2.05) is 36.4 Å². The lowest BCUT2D eigenvalue weighted by Crippen LogP contribution is -2.14. The first kappa shape index (κ1) is 23.8. The van der Waals surface area contributed by atoms with Crippen molar-refractivity contribution in [2.45, 2.75) is 6.61 Å². The van der Waals surface area contributed by atoms with E-state index >= 15 is 0 Å². The molecule has 1 N–H and O–H groups in total. The molecular formula is C27H17BrCl2N2O2. The van der Waals surface area contributed by atoms with E-state index in [9.17, 15) is 10.1 Å². The zero-order chi connectivity index (χ0) is 24.1. The van der Waals surface area contributed by atoms with Gasteiger partial charge in [0.05, 0.1) is 15.7 Å². The van der Waals surface area contributed by atoms with Gasteiger partial charge >= 0.3 is 0 Å². The number of rotatable bonds is 6. The highest BCUT2D eigenvalue weighted by Crippen LogP contribution is 2.31. The summed E-state index contributed by atoms with van der Waals surface area (Å²) in [5.41, 5.74) is 1.83. The van der Waals surface area contributed by atoms with Crippen LogP contribution in [0.1, 0.15) is 11.1 Å². The van der Waals surface area contributed by atoms with E-state index in [0.29, 0.717) is 28.6 Å². The van der Waals surface area contributed by atoms with Gasteiger partial charge in [0.25, 0.3) is 5.91 Å². The van der Waals surface area contributed by atoms with Crippen LogP contribution in [0.3, 0.4) is 0 Å². The van der Waals surface area contributed by atoms with Crippen LogP contribution < -0.4 is 10.1 Å². The lowest BCUT2D eigenvalue weighted by molar-refractivity contribution is -0.112. The van der Waals surface area contributed by atoms with Gasteiger partial charge in [0.1, 0.15) is 24.0 Å². The normalized spacial score (nSPS) is 11.2. The van der Waals surface area contributed by atoms with Crippen molar-refractivity contribution < 1.29 is 9.53 Å². The molecule has 0 heterocycles. The van der Waals surface area contributed by atoms with Crippen LogP contribution in [-0.2, 0) is 11.4 Å². The summed E-state index contributed by atoms with van der Waals surface area (Å²) in [7, 11) is 0. The summed E-state index contributed by atoms with van der Waals surface area (Å²) in [4.78, 5) is 12.8. The SMILES string of the molecule is N#C/C(=C\c1cc(Br)ccc1OCc1cccc2ccccc12)C(=O)Nc1cccc(Cl)c1Cl. The van der Waals surface area contributed by atoms with Crippen LogP contribution in [0.5, 0.6) is 5.75 Å². The number of amides is 1. The zero-order valence-corrected chi connectivity index (χ0v) is 20.8. The van der Waals surface area contributed by atoms with Crippen molar-refractivity contribution >= 4 is 67.6 Å². The number of ether oxygens (including phenoxy) is 1. The Morgan fingerprint density at radius 2 is 1.79 bits per heavy atom. The van der Waals surface area contributed by atoms with E-state index in [0.717, 1.165) is 20.8 Å². The molecule has 0 unspecified atom stereocenters. The van der Waals surface area contributed by atoms with Gasteiger partial charge in [-0.1, -0.05) is 87.7 Å². The van der Waals surface area contributed by atoms with E-state index in [-0.39, 0.29) is 10.6 Å². The zero-order valence-electron chi connectivity index (χ0n) is 17.7. The molecule has 0 aliphatic heterocycles. The molecule has 0 aliphatic rings. The van der Waals surface area contributed by atoms with Gasteiger partial charge in [-0.05, 0) is 52.7 Å². The molecule has 0 atom stereocenters. The monoisotopic (exact) mass is 550 g/mol. The molecule has 0 saturated heterocycles. The minimum atomic E-state index is -0.605. The van der Waals surface area contributed by atoms with Gasteiger partial charge in [0.15, 0.2) is 0 Å². The van der Waals surface area contributed by atoms with E-state index in [1.54, 1.807) is 30.3 Å². The summed E-state index contributed by atoms with van der Waals surface area (Å²) in [6.07, 6.45) is 1.48. The van der Waals surface area contributed by atoms with Crippen LogP contribution in [0.2, 0.25) is 10.0 Å². The van der Waals surface area contributed by atoms with Crippen molar-refractivity contribution in [3.8, 4) is 11.8 Å². The van der Waals surface area contributed by atoms with Gasteiger partial charge in [-0.2, -0.15) is 5.26 Å². The summed E-state index contributed by atoms with van der Waals surface area (Å²) in [5, 5.41) is 15.0. The minimum absolute atomic E-state index is 0.107. The smallest absolute Gasteiger partial charge is 0.266 e. The van der Waals surface area contributed by atoms with Crippen molar-refractivity contribution in [1.82, 2.24) is 0 Å².